The van der Waals surface area contributed by atoms with Crippen molar-refractivity contribution < 1.29 is 23.1 Å². The number of carboxylic acid groups (broad SMARTS) is 1. The molecule has 0 aliphatic carbocycles. The third kappa shape index (κ3) is 2.56. The van der Waals surface area contributed by atoms with E-state index in [4.69, 9.17) is 10.8 Å². The van der Waals surface area contributed by atoms with E-state index in [0.29, 0.717) is 5.56 Å². The molecule has 1 aromatic heterocycles. The summed E-state index contributed by atoms with van der Waals surface area (Å²) in [7, 11) is 0. The minimum absolute atomic E-state index is 0.0836. The van der Waals surface area contributed by atoms with Gasteiger partial charge in [-0.25, -0.2) is 4.79 Å². The molecule has 4 nitrogen and oxygen atoms in total. The van der Waals surface area contributed by atoms with Gasteiger partial charge in [0.2, 0.25) is 0 Å². The maximum Gasteiger partial charge on any atom is 0.416 e. The lowest BCUT2D eigenvalue weighted by Gasteiger charge is -2.09. The highest BCUT2D eigenvalue weighted by atomic mass is 19.4. The van der Waals surface area contributed by atoms with Crippen LogP contribution < -0.4 is 5.73 Å². The number of aromatic nitrogens is 1. The van der Waals surface area contributed by atoms with Crippen molar-refractivity contribution >= 4 is 11.7 Å². The number of rotatable bonds is 2. The summed E-state index contributed by atoms with van der Waals surface area (Å²) >= 11 is 0. The number of benzene rings is 1. The third-order valence-electron chi connectivity index (χ3n) is 2.71. The molecule has 0 radical (unpaired) electrons. The minimum Gasteiger partial charge on any atom is -0.478 e. The van der Waals surface area contributed by atoms with E-state index in [1.165, 1.54) is 24.4 Å². The molecule has 0 aliphatic rings. The van der Waals surface area contributed by atoms with Gasteiger partial charge in [0.25, 0.3) is 0 Å². The Morgan fingerprint density at radius 1 is 1.15 bits per heavy atom. The van der Waals surface area contributed by atoms with Gasteiger partial charge in [-0.1, -0.05) is 12.1 Å². The predicted molar refractivity (Wildman–Crippen MR) is 66.0 cm³/mol. The van der Waals surface area contributed by atoms with Crippen molar-refractivity contribution in [3.8, 4) is 11.3 Å². The van der Waals surface area contributed by atoms with Crippen molar-refractivity contribution in [1.82, 2.24) is 4.98 Å². The van der Waals surface area contributed by atoms with Crippen molar-refractivity contribution in [2.45, 2.75) is 6.18 Å². The molecule has 0 spiro atoms. The van der Waals surface area contributed by atoms with Crippen molar-refractivity contribution in [2.24, 2.45) is 0 Å². The van der Waals surface area contributed by atoms with Gasteiger partial charge in [0.1, 0.15) is 0 Å². The second-order valence-electron chi connectivity index (χ2n) is 4.00. The molecule has 0 aliphatic heterocycles. The number of carbonyl (C=O) groups is 1. The topological polar surface area (TPSA) is 76.2 Å². The summed E-state index contributed by atoms with van der Waals surface area (Å²) in [6.07, 6.45) is -3.19. The number of halogens is 3. The molecule has 1 heterocycles. The second-order valence-corrected chi connectivity index (χ2v) is 4.00. The molecule has 2 aromatic rings. The highest BCUT2D eigenvalue weighted by Gasteiger charge is 2.30. The van der Waals surface area contributed by atoms with Gasteiger partial charge in [0.05, 0.1) is 22.5 Å². The van der Waals surface area contributed by atoms with E-state index in [0.717, 1.165) is 12.1 Å². The Balaban J connectivity index is 2.48. The van der Waals surface area contributed by atoms with Crippen LogP contribution in [0.4, 0.5) is 18.9 Å². The van der Waals surface area contributed by atoms with Crippen LogP contribution >= 0.6 is 0 Å². The lowest BCUT2D eigenvalue weighted by Crippen LogP contribution is -2.06. The van der Waals surface area contributed by atoms with Crippen LogP contribution in [-0.2, 0) is 6.18 Å². The number of anilines is 1. The fourth-order valence-electron chi connectivity index (χ4n) is 1.71. The lowest BCUT2D eigenvalue weighted by atomic mass is 10.0. The Morgan fingerprint density at radius 2 is 1.75 bits per heavy atom. The summed E-state index contributed by atoms with van der Waals surface area (Å²) in [6.45, 7) is 0. The fourth-order valence-corrected chi connectivity index (χ4v) is 1.71. The summed E-state index contributed by atoms with van der Waals surface area (Å²) < 4.78 is 37.4. The van der Waals surface area contributed by atoms with E-state index in [1.807, 2.05) is 0 Å². The minimum atomic E-state index is -4.43. The number of aromatic carboxylic acids is 1. The molecular weight excluding hydrogens is 273 g/mol. The fraction of sp³-hybridized carbons (Fsp3) is 0.0769. The third-order valence-corrected chi connectivity index (χ3v) is 2.71. The van der Waals surface area contributed by atoms with Gasteiger partial charge < -0.3 is 10.8 Å². The summed E-state index contributed by atoms with van der Waals surface area (Å²) in [4.78, 5) is 14.8. The van der Waals surface area contributed by atoms with Crippen LogP contribution in [-0.4, -0.2) is 16.1 Å². The first-order valence-corrected chi connectivity index (χ1v) is 5.46. The molecule has 0 bridgehead atoms. The molecule has 0 saturated carbocycles. The van der Waals surface area contributed by atoms with E-state index >= 15 is 0 Å². The van der Waals surface area contributed by atoms with Crippen LogP contribution in [0.15, 0.2) is 36.5 Å². The largest absolute Gasteiger partial charge is 0.478 e. The van der Waals surface area contributed by atoms with Gasteiger partial charge in [-0.3, -0.25) is 4.98 Å². The average molecular weight is 282 g/mol. The lowest BCUT2D eigenvalue weighted by molar-refractivity contribution is -0.137. The van der Waals surface area contributed by atoms with Crippen LogP contribution in [0.3, 0.4) is 0 Å². The molecule has 0 fully saturated rings. The Kier molecular flexibility index (Phi) is 3.35. The quantitative estimate of drug-likeness (QED) is 0.887. The number of hydrogen-bond acceptors (Lipinski definition) is 3. The summed E-state index contributed by atoms with van der Waals surface area (Å²) in [6, 6.07) is 5.42. The van der Waals surface area contributed by atoms with Gasteiger partial charge in [-0.15, -0.1) is 0 Å². The zero-order chi connectivity index (χ0) is 14.9. The van der Waals surface area contributed by atoms with Crippen LogP contribution in [0.1, 0.15) is 15.9 Å². The SMILES string of the molecule is Nc1c(C(=O)O)ccnc1-c1ccc(C(F)(F)F)cc1. The molecule has 0 saturated heterocycles. The van der Waals surface area contributed by atoms with E-state index in [2.05, 4.69) is 4.98 Å². The number of nitrogens with zero attached hydrogens (tertiary/aromatic N) is 1. The number of pyridine rings is 1. The van der Waals surface area contributed by atoms with Crippen molar-refractivity contribution in [3.63, 3.8) is 0 Å². The average Bonchev–Trinajstić information content (AvgIpc) is 2.38. The Labute approximate surface area is 111 Å². The first-order chi connectivity index (χ1) is 9.30. The summed E-state index contributed by atoms with van der Waals surface area (Å²) in [5, 5.41) is 8.93. The maximum absolute atomic E-state index is 12.5. The smallest absolute Gasteiger partial charge is 0.416 e. The molecule has 3 N–H and O–H groups in total. The van der Waals surface area contributed by atoms with Gasteiger partial charge >= 0.3 is 12.1 Å². The monoisotopic (exact) mass is 282 g/mol. The predicted octanol–water partition coefficient (Wildman–Crippen LogP) is 3.05. The number of alkyl halides is 3. The van der Waals surface area contributed by atoms with Gasteiger partial charge in [-0.05, 0) is 18.2 Å². The molecule has 0 unspecified atom stereocenters. The Hall–Kier alpha value is -2.57. The normalized spacial score (nSPS) is 11.3. The highest BCUT2D eigenvalue weighted by molar-refractivity contribution is 5.97. The molecule has 2 rings (SSSR count). The van der Waals surface area contributed by atoms with Crippen molar-refractivity contribution in [2.75, 3.05) is 5.73 Å². The molecule has 0 amide bonds. The first-order valence-electron chi connectivity index (χ1n) is 5.46. The molecule has 1 aromatic carbocycles. The van der Waals surface area contributed by atoms with Crippen LogP contribution in [0.2, 0.25) is 0 Å². The molecule has 20 heavy (non-hydrogen) atoms. The molecule has 104 valence electrons. The number of nitrogen functional groups attached to an aromatic ring is 1. The van der Waals surface area contributed by atoms with E-state index in [9.17, 15) is 18.0 Å². The molecule has 7 heteroatoms. The van der Waals surface area contributed by atoms with E-state index in [1.54, 1.807) is 0 Å². The van der Waals surface area contributed by atoms with Gasteiger partial charge in [0, 0.05) is 11.8 Å². The van der Waals surface area contributed by atoms with Gasteiger partial charge in [0.15, 0.2) is 0 Å². The summed E-state index contributed by atoms with van der Waals surface area (Å²) in [5.74, 6) is -1.22. The molecule has 0 atom stereocenters. The molecular formula is C13H9F3N2O2. The van der Waals surface area contributed by atoms with Crippen molar-refractivity contribution in [3.05, 3.63) is 47.7 Å². The standard InChI is InChI=1S/C13H9F3N2O2/c14-13(15,16)8-3-1-7(2-4-8)11-10(17)9(12(19)20)5-6-18-11/h1-6H,17H2,(H,19,20). The van der Waals surface area contributed by atoms with E-state index < -0.39 is 17.7 Å². The Bertz CT molecular complexity index is 652. The van der Waals surface area contributed by atoms with Crippen molar-refractivity contribution in [1.29, 1.82) is 0 Å². The first kappa shape index (κ1) is 13.9. The number of hydrogen-bond donors (Lipinski definition) is 2. The Morgan fingerprint density at radius 3 is 2.25 bits per heavy atom. The zero-order valence-corrected chi connectivity index (χ0v) is 9.98. The van der Waals surface area contributed by atoms with Crippen LogP contribution in [0.5, 0.6) is 0 Å². The zero-order valence-electron chi connectivity index (χ0n) is 9.98. The highest BCUT2D eigenvalue weighted by Crippen LogP contribution is 2.32. The van der Waals surface area contributed by atoms with Crippen LogP contribution in [0, 0.1) is 0 Å². The maximum atomic E-state index is 12.5. The van der Waals surface area contributed by atoms with E-state index in [-0.39, 0.29) is 16.9 Å². The summed E-state index contributed by atoms with van der Waals surface area (Å²) in [5.41, 5.74) is 5.11. The van der Waals surface area contributed by atoms with Gasteiger partial charge in [-0.2, -0.15) is 13.2 Å². The number of nitrogens with two attached hydrogens (primary N) is 1. The van der Waals surface area contributed by atoms with Crippen LogP contribution in [0.25, 0.3) is 11.3 Å². The second kappa shape index (κ2) is 4.84. The number of carboxylic acids is 1.